The van der Waals surface area contributed by atoms with Crippen LogP contribution in [0.25, 0.3) is 27.4 Å². The minimum Gasteiger partial charge on any atom is -0.379 e. The van der Waals surface area contributed by atoms with E-state index >= 15 is 0 Å². The van der Waals surface area contributed by atoms with Crippen LogP contribution in [-0.4, -0.2) is 31.9 Å². The topological polar surface area (TPSA) is 61.4 Å². The number of thiophene rings is 1. The number of para-hydroxylation sites is 1. The van der Waals surface area contributed by atoms with Crippen molar-refractivity contribution in [3.63, 3.8) is 0 Å². The van der Waals surface area contributed by atoms with E-state index in [1.54, 1.807) is 15.9 Å². The van der Waals surface area contributed by atoms with Crippen LogP contribution in [0, 0.1) is 0 Å². The van der Waals surface area contributed by atoms with Gasteiger partial charge in [0.25, 0.3) is 5.56 Å². The van der Waals surface area contributed by atoms with Crippen molar-refractivity contribution in [2.45, 2.75) is 32.9 Å². The third-order valence-corrected chi connectivity index (χ3v) is 5.96. The van der Waals surface area contributed by atoms with E-state index in [0.717, 1.165) is 27.1 Å². The van der Waals surface area contributed by atoms with Crippen LogP contribution in [0.2, 0.25) is 0 Å². The lowest BCUT2D eigenvalue weighted by Gasteiger charge is -2.12. The predicted octanol–water partition coefficient (Wildman–Crippen LogP) is 4.35. The first-order valence-corrected chi connectivity index (χ1v) is 10.5. The van der Waals surface area contributed by atoms with Crippen molar-refractivity contribution in [2.24, 2.45) is 0 Å². The summed E-state index contributed by atoms with van der Waals surface area (Å²) < 4.78 is 10.3. The Hall–Kier alpha value is -2.03. The molecule has 4 rings (SSSR count). The standard InChI is InChI=1S/C19H19BrN4O2S/c1-12(2)26-9-5-8-23-18(25)14-6-3-4-7-15(14)24-17(21-22-19(23)24)16-10-13(20)11-27-16/h3-4,6-7,10-12H,5,8-9H2,1-2H3. The van der Waals surface area contributed by atoms with E-state index in [1.807, 2.05) is 54.0 Å². The molecule has 6 nitrogen and oxygen atoms in total. The van der Waals surface area contributed by atoms with Gasteiger partial charge in [-0.3, -0.25) is 13.8 Å². The molecule has 0 atom stereocenters. The van der Waals surface area contributed by atoms with Gasteiger partial charge in [-0.15, -0.1) is 21.5 Å². The fourth-order valence-electron chi connectivity index (χ4n) is 3.09. The molecule has 0 aliphatic rings. The minimum absolute atomic E-state index is 0.0473. The number of aryl methyl sites for hydroxylation is 1. The number of halogens is 1. The van der Waals surface area contributed by atoms with Crippen LogP contribution in [0.5, 0.6) is 0 Å². The summed E-state index contributed by atoms with van der Waals surface area (Å²) in [6.07, 6.45) is 0.911. The molecule has 0 aliphatic heterocycles. The fourth-order valence-corrected chi connectivity index (χ4v) is 4.49. The average Bonchev–Trinajstić information content (AvgIpc) is 3.27. The van der Waals surface area contributed by atoms with E-state index in [-0.39, 0.29) is 11.7 Å². The molecule has 0 aliphatic carbocycles. The Morgan fingerprint density at radius 3 is 2.81 bits per heavy atom. The van der Waals surface area contributed by atoms with Gasteiger partial charge in [0.2, 0.25) is 5.78 Å². The predicted molar refractivity (Wildman–Crippen MR) is 111 cm³/mol. The molecule has 0 unspecified atom stereocenters. The van der Waals surface area contributed by atoms with Crippen LogP contribution in [-0.2, 0) is 11.3 Å². The van der Waals surface area contributed by atoms with Gasteiger partial charge in [0, 0.05) is 23.0 Å². The number of rotatable bonds is 6. The van der Waals surface area contributed by atoms with Gasteiger partial charge in [0.1, 0.15) is 0 Å². The van der Waals surface area contributed by atoms with E-state index in [1.165, 1.54) is 0 Å². The lowest BCUT2D eigenvalue weighted by molar-refractivity contribution is 0.0748. The lowest BCUT2D eigenvalue weighted by atomic mass is 10.2. The Labute approximate surface area is 168 Å². The van der Waals surface area contributed by atoms with Crippen LogP contribution < -0.4 is 5.56 Å². The summed E-state index contributed by atoms with van der Waals surface area (Å²) in [5.74, 6) is 1.30. The van der Waals surface area contributed by atoms with Crippen molar-refractivity contribution in [2.75, 3.05) is 6.61 Å². The maximum Gasteiger partial charge on any atom is 0.262 e. The average molecular weight is 447 g/mol. The van der Waals surface area contributed by atoms with E-state index in [9.17, 15) is 4.79 Å². The smallest absolute Gasteiger partial charge is 0.262 e. The quantitative estimate of drug-likeness (QED) is 0.413. The number of hydrogen-bond acceptors (Lipinski definition) is 5. The summed E-state index contributed by atoms with van der Waals surface area (Å²) in [6, 6.07) is 9.61. The fraction of sp³-hybridized carbons (Fsp3) is 0.316. The highest BCUT2D eigenvalue weighted by molar-refractivity contribution is 9.10. The molecular weight excluding hydrogens is 428 g/mol. The van der Waals surface area contributed by atoms with Crippen molar-refractivity contribution >= 4 is 43.9 Å². The zero-order chi connectivity index (χ0) is 19.0. The maximum absolute atomic E-state index is 13.1. The van der Waals surface area contributed by atoms with Crippen molar-refractivity contribution in [1.29, 1.82) is 0 Å². The van der Waals surface area contributed by atoms with Crippen molar-refractivity contribution in [3.8, 4) is 10.7 Å². The van der Waals surface area contributed by atoms with Gasteiger partial charge in [-0.1, -0.05) is 12.1 Å². The van der Waals surface area contributed by atoms with Crippen LogP contribution >= 0.6 is 27.3 Å². The molecule has 3 aromatic heterocycles. The monoisotopic (exact) mass is 446 g/mol. The van der Waals surface area contributed by atoms with E-state index < -0.39 is 0 Å². The normalized spacial score (nSPS) is 11.9. The Bertz CT molecular complexity index is 1160. The SMILES string of the molecule is CC(C)OCCCn1c(=O)c2ccccc2n2c(-c3cc(Br)cs3)nnc12. The van der Waals surface area contributed by atoms with Gasteiger partial charge >= 0.3 is 0 Å². The molecule has 0 radical (unpaired) electrons. The molecule has 3 heterocycles. The van der Waals surface area contributed by atoms with Gasteiger partial charge < -0.3 is 4.74 Å². The molecule has 0 spiro atoms. The third-order valence-electron chi connectivity index (χ3n) is 4.27. The van der Waals surface area contributed by atoms with Crippen molar-refractivity contribution in [1.82, 2.24) is 19.2 Å². The second-order valence-electron chi connectivity index (χ2n) is 6.54. The minimum atomic E-state index is -0.0473. The molecule has 0 fully saturated rings. The molecule has 8 heteroatoms. The molecule has 27 heavy (non-hydrogen) atoms. The van der Waals surface area contributed by atoms with Crippen molar-refractivity contribution < 1.29 is 4.74 Å². The molecule has 0 saturated carbocycles. The number of hydrogen-bond donors (Lipinski definition) is 0. The van der Waals surface area contributed by atoms with Gasteiger partial charge in [0.05, 0.1) is 21.9 Å². The highest BCUT2D eigenvalue weighted by Crippen LogP contribution is 2.30. The molecule has 4 aromatic rings. The third kappa shape index (κ3) is 3.44. The molecule has 0 bridgehead atoms. The zero-order valence-corrected chi connectivity index (χ0v) is 17.5. The molecular formula is C19H19BrN4O2S. The van der Waals surface area contributed by atoms with E-state index in [0.29, 0.717) is 24.3 Å². The second-order valence-corrected chi connectivity index (χ2v) is 8.36. The first-order chi connectivity index (χ1) is 13.1. The number of ether oxygens (including phenoxy) is 1. The van der Waals surface area contributed by atoms with E-state index in [4.69, 9.17) is 4.74 Å². The van der Waals surface area contributed by atoms with E-state index in [2.05, 4.69) is 26.1 Å². The molecule has 0 amide bonds. The zero-order valence-electron chi connectivity index (χ0n) is 15.1. The highest BCUT2D eigenvalue weighted by Gasteiger charge is 2.18. The van der Waals surface area contributed by atoms with Crippen molar-refractivity contribution in [3.05, 3.63) is 50.5 Å². The van der Waals surface area contributed by atoms with Crippen LogP contribution in [0.4, 0.5) is 0 Å². The number of nitrogens with zero attached hydrogens (tertiary/aromatic N) is 4. The largest absolute Gasteiger partial charge is 0.379 e. The van der Waals surface area contributed by atoms with Gasteiger partial charge in [-0.2, -0.15) is 0 Å². The summed E-state index contributed by atoms with van der Waals surface area (Å²) >= 11 is 5.08. The summed E-state index contributed by atoms with van der Waals surface area (Å²) in [6.45, 7) is 5.14. The summed E-state index contributed by atoms with van der Waals surface area (Å²) in [7, 11) is 0. The number of aromatic nitrogens is 4. The lowest BCUT2D eigenvalue weighted by Crippen LogP contribution is -2.24. The summed E-state index contributed by atoms with van der Waals surface area (Å²) in [5, 5.41) is 11.4. The van der Waals surface area contributed by atoms with Crippen LogP contribution in [0.15, 0.2) is 45.0 Å². The van der Waals surface area contributed by atoms with Crippen LogP contribution in [0.3, 0.4) is 0 Å². The Morgan fingerprint density at radius 1 is 1.26 bits per heavy atom. The summed E-state index contributed by atoms with van der Waals surface area (Å²) in [4.78, 5) is 14.0. The Morgan fingerprint density at radius 2 is 2.07 bits per heavy atom. The first kappa shape index (κ1) is 18.3. The van der Waals surface area contributed by atoms with Gasteiger partial charge in [0.15, 0.2) is 5.82 Å². The number of fused-ring (bicyclic) bond motifs is 3. The molecule has 1 aromatic carbocycles. The molecule has 0 N–H and O–H groups in total. The second kappa shape index (κ2) is 7.53. The highest BCUT2D eigenvalue weighted by atomic mass is 79.9. The Kier molecular flexibility index (Phi) is 5.12. The molecule has 0 saturated heterocycles. The maximum atomic E-state index is 13.1. The van der Waals surface area contributed by atoms with Gasteiger partial charge in [-0.05, 0) is 54.4 Å². The van der Waals surface area contributed by atoms with Gasteiger partial charge in [-0.25, -0.2) is 0 Å². The number of benzene rings is 1. The van der Waals surface area contributed by atoms with Crippen LogP contribution in [0.1, 0.15) is 20.3 Å². The Balaban J connectivity index is 1.88. The summed E-state index contributed by atoms with van der Waals surface area (Å²) in [5.41, 5.74) is 0.769. The first-order valence-electron chi connectivity index (χ1n) is 8.79. The molecule has 140 valence electrons.